The fraction of sp³-hybridized carbons (Fsp3) is 0.444. The zero-order valence-electron chi connectivity index (χ0n) is 7.26. The number of aryl methyl sites for hydroxylation is 2. The molecule has 1 aromatic rings. The molecule has 0 saturated heterocycles. The standard InChI is InChI=1S/C9H11ClN2/c1-3-12-7-9(5-4-6-10)8(2)11-12/h7H,3,6H2,1-2H3. The van der Waals surface area contributed by atoms with Gasteiger partial charge in [-0.15, -0.1) is 11.6 Å². The van der Waals surface area contributed by atoms with Gasteiger partial charge in [-0.25, -0.2) is 0 Å². The Kier molecular flexibility index (Phi) is 3.19. The summed E-state index contributed by atoms with van der Waals surface area (Å²) < 4.78 is 1.87. The molecule has 0 radical (unpaired) electrons. The molecule has 1 aromatic heterocycles. The minimum absolute atomic E-state index is 0.372. The van der Waals surface area contributed by atoms with Gasteiger partial charge in [0.05, 0.1) is 17.1 Å². The zero-order chi connectivity index (χ0) is 8.97. The Morgan fingerprint density at radius 3 is 2.92 bits per heavy atom. The maximum Gasteiger partial charge on any atom is 0.0839 e. The number of halogens is 1. The van der Waals surface area contributed by atoms with E-state index in [0.717, 1.165) is 17.8 Å². The third kappa shape index (κ3) is 2.02. The Hall–Kier alpha value is -0.940. The van der Waals surface area contributed by atoms with E-state index in [9.17, 15) is 0 Å². The summed E-state index contributed by atoms with van der Waals surface area (Å²) in [5, 5.41) is 4.25. The number of hydrogen-bond acceptors (Lipinski definition) is 1. The van der Waals surface area contributed by atoms with E-state index in [-0.39, 0.29) is 0 Å². The van der Waals surface area contributed by atoms with Crippen molar-refractivity contribution in [2.45, 2.75) is 20.4 Å². The predicted molar refractivity (Wildman–Crippen MR) is 50.2 cm³/mol. The van der Waals surface area contributed by atoms with E-state index in [1.54, 1.807) is 0 Å². The Morgan fingerprint density at radius 1 is 1.67 bits per heavy atom. The predicted octanol–water partition coefficient (Wildman–Crippen LogP) is 1.80. The van der Waals surface area contributed by atoms with Crippen molar-refractivity contribution in [1.29, 1.82) is 0 Å². The van der Waals surface area contributed by atoms with Crippen LogP contribution in [0.15, 0.2) is 6.20 Å². The van der Waals surface area contributed by atoms with Gasteiger partial charge in [0.1, 0.15) is 0 Å². The van der Waals surface area contributed by atoms with E-state index in [0.29, 0.717) is 5.88 Å². The lowest BCUT2D eigenvalue weighted by Crippen LogP contribution is -1.93. The number of nitrogens with zero attached hydrogens (tertiary/aromatic N) is 2. The highest BCUT2D eigenvalue weighted by atomic mass is 35.5. The molecule has 0 fully saturated rings. The van der Waals surface area contributed by atoms with Gasteiger partial charge in [0.2, 0.25) is 0 Å². The van der Waals surface area contributed by atoms with Crippen LogP contribution in [0.3, 0.4) is 0 Å². The van der Waals surface area contributed by atoms with E-state index in [1.165, 1.54) is 0 Å². The first-order chi connectivity index (χ1) is 5.77. The zero-order valence-corrected chi connectivity index (χ0v) is 8.02. The molecule has 0 aliphatic rings. The molecule has 0 atom stereocenters. The lowest BCUT2D eigenvalue weighted by atomic mass is 10.3. The molecule has 1 heterocycles. The Labute approximate surface area is 77.5 Å². The van der Waals surface area contributed by atoms with Crippen LogP contribution in [-0.4, -0.2) is 15.7 Å². The third-order valence-corrected chi connectivity index (χ3v) is 1.69. The summed E-state index contributed by atoms with van der Waals surface area (Å²) in [6, 6.07) is 0. The minimum atomic E-state index is 0.372. The van der Waals surface area contributed by atoms with E-state index >= 15 is 0 Å². The molecule has 1 rings (SSSR count). The average molecular weight is 183 g/mol. The van der Waals surface area contributed by atoms with Gasteiger partial charge in [-0.1, -0.05) is 11.8 Å². The van der Waals surface area contributed by atoms with Gasteiger partial charge in [0, 0.05) is 12.7 Å². The summed E-state index contributed by atoms with van der Waals surface area (Å²) in [5.41, 5.74) is 1.94. The average Bonchev–Trinajstić information content (AvgIpc) is 2.43. The summed E-state index contributed by atoms with van der Waals surface area (Å²) in [4.78, 5) is 0. The number of alkyl halides is 1. The summed E-state index contributed by atoms with van der Waals surface area (Å²) in [6.07, 6.45) is 1.94. The van der Waals surface area contributed by atoms with Gasteiger partial charge in [-0.2, -0.15) is 5.10 Å². The molecule has 0 saturated carbocycles. The molecular weight excluding hydrogens is 172 g/mol. The second kappa shape index (κ2) is 4.18. The van der Waals surface area contributed by atoms with Gasteiger partial charge >= 0.3 is 0 Å². The van der Waals surface area contributed by atoms with Crippen LogP contribution in [0.5, 0.6) is 0 Å². The molecule has 0 aliphatic carbocycles. The van der Waals surface area contributed by atoms with Crippen molar-refractivity contribution in [3.63, 3.8) is 0 Å². The first kappa shape index (κ1) is 9.15. The van der Waals surface area contributed by atoms with Crippen LogP contribution in [0.4, 0.5) is 0 Å². The topological polar surface area (TPSA) is 17.8 Å². The first-order valence-corrected chi connectivity index (χ1v) is 4.40. The second-order valence-electron chi connectivity index (χ2n) is 2.42. The van der Waals surface area contributed by atoms with Gasteiger partial charge in [0.25, 0.3) is 0 Å². The van der Waals surface area contributed by atoms with E-state index < -0.39 is 0 Å². The largest absolute Gasteiger partial charge is 0.271 e. The molecule has 3 heteroatoms. The summed E-state index contributed by atoms with van der Waals surface area (Å²) >= 11 is 5.44. The highest BCUT2D eigenvalue weighted by molar-refractivity contribution is 6.19. The molecular formula is C9H11ClN2. The maximum atomic E-state index is 5.44. The highest BCUT2D eigenvalue weighted by Gasteiger charge is 1.98. The van der Waals surface area contributed by atoms with Crippen molar-refractivity contribution in [3.8, 4) is 11.8 Å². The summed E-state index contributed by atoms with van der Waals surface area (Å²) in [5.74, 6) is 6.13. The fourth-order valence-electron chi connectivity index (χ4n) is 0.931. The molecule has 0 bridgehead atoms. The summed E-state index contributed by atoms with van der Waals surface area (Å²) in [7, 11) is 0. The summed E-state index contributed by atoms with van der Waals surface area (Å²) in [6.45, 7) is 4.87. The van der Waals surface area contributed by atoms with Crippen molar-refractivity contribution < 1.29 is 0 Å². The molecule has 0 aliphatic heterocycles. The quantitative estimate of drug-likeness (QED) is 0.479. The van der Waals surface area contributed by atoms with Crippen molar-refractivity contribution in [2.24, 2.45) is 0 Å². The molecule has 0 unspecified atom stereocenters. The van der Waals surface area contributed by atoms with Crippen LogP contribution in [0.25, 0.3) is 0 Å². The molecule has 2 nitrogen and oxygen atoms in total. The van der Waals surface area contributed by atoms with Crippen LogP contribution in [0.1, 0.15) is 18.2 Å². The molecule has 0 amide bonds. The van der Waals surface area contributed by atoms with Crippen molar-refractivity contribution in [3.05, 3.63) is 17.5 Å². The maximum absolute atomic E-state index is 5.44. The van der Waals surface area contributed by atoms with Crippen LogP contribution >= 0.6 is 11.6 Å². The monoisotopic (exact) mass is 182 g/mol. The van der Waals surface area contributed by atoms with Gasteiger partial charge in [0.15, 0.2) is 0 Å². The third-order valence-electron chi connectivity index (χ3n) is 1.56. The van der Waals surface area contributed by atoms with E-state index in [4.69, 9.17) is 11.6 Å². The Morgan fingerprint density at radius 2 is 2.42 bits per heavy atom. The fourth-order valence-corrected chi connectivity index (χ4v) is 0.998. The first-order valence-electron chi connectivity index (χ1n) is 3.86. The molecule has 0 N–H and O–H groups in total. The van der Waals surface area contributed by atoms with Crippen LogP contribution < -0.4 is 0 Å². The molecule has 0 spiro atoms. The normalized spacial score (nSPS) is 9.25. The SMILES string of the molecule is CCn1cc(C#CCCl)c(C)n1. The van der Waals surface area contributed by atoms with E-state index in [1.807, 2.05) is 24.7 Å². The van der Waals surface area contributed by atoms with Crippen LogP contribution in [-0.2, 0) is 6.54 Å². The molecule has 64 valence electrons. The lowest BCUT2D eigenvalue weighted by molar-refractivity contribution is 0.653. The van der Waals surface area contributed by atoms with Gasteiger partial charge in [-0.3, -0.25) is 4.68 Å². The molecule has 0 aromatic carbocycles. The van der Waals surface area contributed by atoms with Crippen molar-refractivity contribution in [2.75, 3.05) is 5.88 Å². The number of aromatic nitrogens is 2. The van der Waals surface area contributed by atoms with Crippen molar-refractivity contribution in [1.82, 2.24) is 9.78 Å². The van der Waals surface area contributed by atoms with Crippen LogP contribution in [0, 0.1) is 18.8 Å². The smallest absolute Gasteiger partial charge is 0.0839 e. The van der Waals surface area contributed by atoms with Crippen LogP contribution in [0.2, 0.25) is 0 Å². The Balaban J connectivity index is 2.92. The van der Waals surface area contributed by atoms with Gasteiger partial charge in [-0.05, 0) is 13.8 Å². The highest BCUT2D eigenvalue weighted by Crippen LogP contribution is 2.02. The molecule has 12 heavy (non-hydrogen) atoms. The lowest BCUT2D eigenvalue weighted by Gasteiger charge is -1.88. The van der Waals surface area contributed by atoms with Crippen molar-refractivity contribution >= 4 is 11.6 Å². The van der Waals surface area contributed by atoms with E-state index in [2.05, 4.69) is 16.9 Å². The number of hydrogen-bond donors (Lipinski definition) is 0. The number of rotatable bonds is 1. The Bertz CT molecular complexity index is 317. The van der Waals surface area contributed by atoms with Gasteiger partial charge < -0.3 is 0 Å². The minimum Gasteiger partial charge on any atom is -0.271 e. The second-order valence-corrected chi connectivity index (χ2v) is 2.69.